The molecule has 0 radical (unpaired) electrons. The van der Waals surface area contributed by atoms with Crippen LogP contribution in [0.4, 0.5) is 18.9 Å². The van der Waals surface area contributed by atoms with Crippen LogP contribution in [-0.4, -0.2) is 43.4 Å². The maximum Gasteiger partial charge on any atom is 0.416 e. The second-order valence-corrected chi connectivity index (χ2v) is 8.72. The molecule has 0 saturated heterocycles. The van der Waals surface area contributed by atoms with E-state index in [0.717, 1.165) is 29.0 Å². The van der Waals surface area contributed by atoms with E-state index in [2.05, 4.69) is 5.32 Å². The van der Waals surface area contributed by atoms with Crippen molar-refractivity contribution >= 4 is 28.9 Å². The molecule has 4 rings (SSSR count). The fourth-order valence-electron chi connectivity index (χ4n) is 4.23. The van der Waals surface area contributed by atoms with E-state index in [9.17, 15) is 18.0 Å². The van der Waals surface area contributed by atoms with E-state index in [1.54, 1.807) is 24.3 Å². The van der Waals surface area contributed by atoms with Crippen molar-refractivity contribution in [3.8, 4) is 0 Å². The number of ether oxygens (including phenoxy) is 1. The van der Waals surface area contributed by atoms with Crippen LogP contribution < -0.4 is 5.32 Å². The molecule has 1 amide bonds. The number of rotatable bonds is 7. The molecule has 0 aromatic heterocycles. The van der Waals surface area contributed by atoms with Crippen LogP contribution in [-0.2, 0) is 21.1 Å². The molecule has 1 aliphatic heterocycles. The molecule has 0 spiro atoms. The molecule has 3 aromatic carbocycles. The normalized spacial score (nSPS) is 17.9. The summed E-state index contributed by atoms with van der Waals surface area (Å²) in [5.41, 5.74) is 1.43. The van der Waals surface area contributed by atoms with Crippen LogP contribution in [0.3, 0.4) is 0 Å². The monoisotopic (exact) mass is 501 g/mol. The van der Waals surface area contributed by atoms with Crippen molar-refractivity contribution in [2.24, 2.45) is 5.10 Å². The Morgan fingerprint density at radius 3 is 2.31 bits per heavy atom. The van der Waals surface area contributed by atoms with Crippen LogP contribution in [0.1, 0.15) is 16.7 Å². The highest BCUT2D eigenvalue weighted by Gasteiger charge is 2.45. The lowest BCUT2D eigenvalue weighted by molar-refractivity contribution is -0.137. The molecular formula is C26H23ClF3N3O2. The first kappa shape index (κ1) is 24.8. The number of hydrogen-bond donors (Lipinski definition) is 1. The lowest BCUT2D eigenvalue weighted by atomic mass is 9.75. The lowest BCUT2D eigenvalue weighted by Gasteiger charge is -2.31. The average molecular weight is 502 g/mol. The first-order chi connectivity index (χ1) is 16.7. The number of amides is 1. The smallest absolute Gasteiger partial charge is 0.383 e. The first-order valence-electron chi connectivity index (χ1n) is 10.8. The first-order valence-corrected chi connectivity index (χ1v) is 11.2. The van der Waals surface area contributed by atoms with E-state index in [4.69, 9.17) is 21.4 Å². The standard InChI is InChI=1S/C26H23ClF3N3O2/c1-35-17-25(19-5-3-2-4-6-19)16-33(32-24(25)18-7-11-21(27)12-8-18)15-23(34)31-22-13-9-20(10-14-22)26(28,29)30/h2-14H,15-17H2,1H3,(H,31,34). The number of carbonyl (C=O) groups excluding carboxylic acids is 1. The summed E-state index contributed by atoms with van der Waals surface area (Å²) in [6, 6.07) is 21.4. The predicted octanol–water partition coefficient (Wildman–Crippen LogP) is 5.60. The summed E-state index contributed by atoms with van der Waals surface area (Å²) in [5.74, 6) is -0.398. The fraction of sp³-hybridized carbons (Fsp3) is 0.231. The van der Waals surface area contributed by atoms with Gasteiger partial charge in [0.05, 0.1) is 29.8 Å². The van der Waals surface area contributed by atoms with Gasteiger partial charge in [0.1, 0.15) is 6.54 Å². The summed E-state index contributed by atoms with van der Waals surface area (Å²) in [4.78, 5) is 12.8. The van der Waals surface area contributed by atoms with Crippen LogP contribution in [0, 0.1) is 0 Å². The predicted molar refractivity (Wildman–Crippen MR) is 130 cm³/mol. The minimum atomic E-state index is -4.44. The number of benzene rings is 3. The number of alkyl halides is 3. The minimum Gasteiger partial charge on any atom is -0.383 e. The van der Waals surface area contributed by atoms with Crippen LogP contribution >= 0.6 is 11.6 Å². The second kappa shape index (κ2) is 10.1. The van der Waals surface area contributed by atoms with Crippen LogP contribution in [0.5, 0.6) is 0 Å². The van der Waals surface area contributed by atoms with Gasteiger partial charge in [-0.05, 0) is 47.5 Å². The summed E-state index contributed by atoms with van der Waals surface area (Å²) in [6.45, 7) is 0.620. The van der Waals surface area contributed by atoms with Gasteiger partial charge < -0.3 is 10.1 Å². The molecule has 9 heteroatoms. The van der Waals surface area contributed by atoms with Gasteiger partial charge in [-0.15, -0.1) is 0 Å². The van der Waals surface area contributed by atoms with E-state index in [-0.39, 0.29) is 12.2 Å². The zero-order valence-corrected chi connectivity index (χ0v) is 19.6. The van der Waals surface area contributed by atoms with Gasteiger partial charge in [0.2, 0.25) is 5.91 Å². The van der Waals surface area contributed by atoms with Crippen LogP contribution in [0.15, 0.2) is 84.0 Å². The minimum absolute atomic E-state index is 0.0869. The molecule has 3 aromatic rings. The van der Waals surface area contributed by atoms with E-state index in [0.29, 0.717) is 18.2 Å². The van der Waals surface area contributed by atoms with Gasteiger partial charge in [-0.25, -0.2) is 0 Å². The lowest BCUT2D eigenvalue weighted by Crippen LogP contribution is -2.44. The third kappa shape index (κ3) is 5.49. The van der Waals surface area contributed by atoms with Gasteiger partial charge in [0.25, 0.3) is 0 Å². The molecule has 1 atom stereocenters. The number of halogens is 4. The highest BCUT2D eigenvalue weighted by molar-refractivity contribution is 6.30. The summed E-state index contributed by atoms with van der Waals surface area (Å²) in [5, 5.41) is 9.67. The molecule has 0 bridgehead atoms. The molecule has 35 heavy (non-hydrogen) atoms. The number of carbonyl (C=O) groups is 1. The van der Waals surface area contributed by atoms with Crippen LogP contribution in [0.25, 0.3) is 0 Å². The maximum absolute atomic E-state index is 12.8. The SMILES string of the molecule is COCC1(c2ccccc2)CN(CC(=O)Nc2ccc(C(F)(F)F)cc2)N=C1c1ccc(Cl)cc1. The zero-order chi connectivity index (χ0) is 25.1. The maximum atomic E-state index is 12.8. The Morgan fingerprint density at radius 2 is 1.71 bits per heavy atom. The fourth-order valence-corrected chi connectivity index (χ4v) is 4.36. The van der Waals surface area contributed by atoms with Crippen molar-refractivity contribution in [2.75, 3.05) is 32.1 Å². The molecule has 1 heterocycles. The largest absolute Gasteiger partial charge is 0.416 e. The Bertz CT molecular complexity index is 1200. The Morgan fingerprint density at radius 1 is 1.06 bits per heavy atom. The van der Waals surface area contributed by atoms with Gasteiger partial charge in [-0.2, -0.15) is 18.3 Å². The molecule has 5 nitrogen and oxygen atoms in total. The van der Waals surface area contributed by atoms with Crippen molar-refractivity contribution in [3.05, 3.63) is 101 Å². The third-order valence-corrected chi connectivity index (χ3v) is 6.06. The van der Waals surface area contributed by atoms with E-state index < -0.39 is 23.1 Å². The van der Waals surface area contributed by atoms with Crippen molar-refractivity contribution in [1.29, 1.82) is 0 Å². The number of nitrogens with zero attached hydrogens (tertiary/aromatic N) is 2. The Kier molecular flexibility index (Phi) is 7.14. The average Bonchev–Trinajstić information content (AvgIpc) is 3.19. The molecule has 1 aliphatic rings. The number of anilines is 1. The molecular weight excluding hydrogens is 479 g/mol. The molecule has 0 aliphatic carbocycles. The highest BCUT2D eigenvalue weighted by atomic mass is 35.5. The van der Waals surface area contributed by atoms with E-state index >= 15 is 0 Å². The number of methoxy groups -OCH3 is 1. The highest BCUT2D eigenvalue weighted by Crippen LogP contribution is 2.36. The number of hydrogen-bond acceptors (Lipinski definition) is 4. The van der Waals surface area contributed by atoms with Crippen molar-refractivity contribution in [2.45, 2.75) is 11.6 Å². The van der Waals surface area contributed by atoms with Crippen molar-refractivity contribution in [1.82, 2.24) is 5.01 Å². The van der Waals surface area contributed by atoms with Crippen molar-refractivity contribution < 1.29 is 22.7 Å². The van der Waals surface area contributed by atoms with Gasteiger partial charge in [0, 0.05) is 17.8 Å². The molecule has 1 unspecified atom stereocenters. The molecule has 1 N–H and O–H groups in total. The molecule has 0 saturated carbocycles. The number of nitrogens with one attached hydrogen (secondary N) is 1. The molecule has 0 fully saturated rings. The summed E-state index contributed by atoms with van der Waals surface area (Å²) in [7, 11) is 1.62. The third-order valence-electron chi connectivity index (χ3n) is 5.80. The Balaban J connectivity index is 1.59. The summed E-state index contributed by atoms with van der Waals surface area (Å²) < 4.78 is 44.0. The van der Waals surface area contributed by atoms with E-state index in [1.807, 2.05) is 42.5 Å². The van der Waals surface area contributed by atoms with Gasteiger partial charge >= 0.3 is 6.18 Å². The summed E-state index contributed by atoms with van der Waals surface area (Å²) in [6.07, 6.45) is -4.44. The Labute approximate surface area is 206 Å². The molecule has 182 valence electrons. The summed E-state index contributed by atoms with van der Waals surface area (Å²) >= 11 is 6.09. The number of hydrazone groups is 1. The van der Waals surface area contributed by atoms with Gasteiger partial charge in [-0.1, -0.05) is 54.1 Å². The van der Waals surface area contributed by atoms with E-state index in [1.165, 1.54) is 12.1 Å². The van der Waals surface area contributed by atoms with Crippen molar-refractivity contribution in [3.63, 3.8) is 0 Å². The zero-order valence-electron chi connectivity index (χ0n) is 18.8. The van der Waals surface area contributed by atoms with Gasteiger partial charge in [0.15, 0.2) is 0 Å². The second-order valence-electron chi connectivity index (χ2n) is 8.28. The Hall–Kier alpha value is -3.36. The quantitative estimate of drug-likeness (QED) is 0.458. The van der Waals surface area contributed by atoms with Gasteiger partial charge in [-0.3, -0.25) is 9.80 Å². The topological polar surface area (TPSA) is 53.9 Å². The van der Waals surface area contributed by atoms with Crippen LogP contribution in [0.2, 0.25) is 5.02 Å².